The lowest BCUT2D eigenvalue weighted by atomic mass is 10.2. The number of nitrogens with one attached hydrogen (secondary N) is 2. The fraction of sp³-hybridized carbons (Fsp3) is 0.500. The molecule has 0 bridgehead atoms. The van der Waals surface area contributed by atoms with Crippen molar-refractivity contribution in [2.24, 2.45) is 0 Å². The Hall–Kier alpha value is -2.78. The van der Waals surface area contributed by atoms with Crippen molar-refractivity contribution in [2.75, 3.05) is 18.4 Å². The van der Waals surface area contributed by atoms with Crippen molar-refractivity contribution >= 4 is 23.6 Å². The average molecular weight is 401 g/mol. The Morgan fingerprint density at radius 3 is 2.50 bits per heavy atom. The highest BCUT2D eigenvalue weighted by Gasteiger charge is 2.36. The van der Waals surface area contributed by atoms with Crippen LogP contribution in [0, 0.1) is 17.5 Å². The van der Waals surface area contributed by atoms with E-state index < -0.39 is 59.2 Å². The van der Waals surface area contributed by atoms with E-state index in [1.165, 1.54) is 4.90 Å². The monoisotopic (exact) mass is 401 g/mol. The zero-order chi connectivity index (χ0) is 21.1. The Morgan fingerprint density at radius 2 is 1.86 bits per heavy atom. The van der Waals surface area contributed by atoms with Crippen molar-refractivity contribution in [3.63, 3.8) is 0 Å². The number of hydrogen-bond acceptors (Lipinski definition) is 4. The Morgan fingerprint density at radius 1 is 1.18 bits per heavy atom. The molecule has 1 aromatic carbocycles. The molecule has 28 heavy (non-hydrogen) atoms. The van der Waals surface area contributed by atoms with Gasteiger partial charge in [-0.15, -0.1) is 0 Å². The second-order valence-corrected chi connectivity index (χ2v) is 7.32. The van der Waals surface area contributed by atoms with E-state index in [4.69, 9.17) is 4.74 Å². The van der Waals surface area contributed by atoms with Gasteiger partial charge in [0.05, 0.1) is 12.2 Å². The van der Waals surface area contributed by atoms with Crippen molar-refractivity contribution in [3.05, 3.63) is 29.6 Å². The summed E-state index contributed by atoms with van der Waals surface area (Å²) in [6, 6.07) is 0.751. The molecule has 0 saturated carbocycles. The number of rotatable bonds is 4. The topological polar surface area (TPSA) is 87.7 Å². The van der Waals surface area contributed by atoms with Gasteiger partial charge in [0.25, 0.3) is 0 Å². The Kier molecular flexibility index (Phi) is 6.52. The summed E-state index contributed by atoms with van der Waals surface area (Å²) in [4.78, 5) is 37.7. The maximum atomic E-state index is 13.6. The number of benzene rings is 1. The molecule has 1 atom stereocenters. The molecule has 0 spiro atoms. The predicted octanol–water partition coefficient (Wildman–Crippen LogP) is 2.56. The van der Waals surface area contributed by atoms with Crippen LogP contribution in [-0.4, -0.2) is 47.5 Å². The minimum absolute atomic E-state index is 0.346. The first-order valence-corrected chi connectivity index (χ1v) is 8.70. The summed E-state index contributed by atoms with van der Waals surface area (Å²) in [5, 5.41) is 4.40. The van der Waals surface area contributed by atoms with Gasteiger partial charge in [-0.1, -0.05) is 0 Å². The SMILES string of the molecule is CC(C)(C)OC(=O)N1CCCC1C(=O)NCC(=O)Nc1ccc(F)c(F)c1F. The minimum atomic E-state index is -1.71. The molecule has 10 heteroatoms. The summed E-state index contributed by atoms with van der Waals surface area (Å²) < 4.78 is 44.9. The fourth-order valence-electron chi connectivity index (χ4n) is 2.68. The number of likely N-dealkylation sites (tertiary alicyclic amines) is 1. The van der Waals surface area contributed by atoms with Gasteiger partial charge in [-0.05, 0) is 45.7 Å². The molecule has 2 rings (SSSR count). The lowest BCUT2D eigenvalue weighted by molar-refractivity contribution is -0.127. The summed E-state index contributed by atoms with van der Waals surface area (Å²) in [6.45, 7) is 4.93. The van der Waals surface area contributed by atoms with Gasteiger partial charge in [0.1, 0.15) is 11.6 Å². The van der Waals surface area contributed by atoms with Crippen LogP contribution in [0.4, 0.5) is 23.7 Å². The maximum Gasteiger partial charge on any atom is 0.410 e. The number of ether oxygens (including phenoxy) is 1. The van der Waals surface area contributed by atoms with Crippen LogP contribution in [0.5, 0.6) is 0 Å². The van der Waals surface area contributed by atoms with Crippen molar-refractivity contribution < 1.29 is 32.3 Å². The van der Waals surface area contributed by atoms with Crippen molar-refractivity contribution in [1.29, 1.82) is 0 Å². The number of carbonyl (C=O) groups excluding carboxylic acids is 3. The smallest absolute Gasteiger partial charge is 0.410 e. The van der Waals surface area contributed by atoms with E-state index >= 15 is 0 Å². The molecule has 1 aromatic rings. The Labute approximate surface area is 160 Å². The first kappa shape index (κ1) is 21.5. The number of carbonyl (C=O) groups is 3. The average Bonchev–Trinajstić information content (AvgIpc) is 3.09. The quantitative estimate of drug-likeness (QED) is 0.759. The minimum Gasteiger partial charge on any atom is -0.444 e. The molecule has 1 unspecified atom stereocenters. The van der Waals surface area contributed by atoms with Crippen LogP contribution in [0.2, 0.25) is 0 Å². The number of amides is 3. The number of halogens is 3. The first-order valence-electron chi connectivity index (χ1n) is 8.70. The number of hydrogen-bond donors (Lipinski definition) is 2. The van der Waals surface area contributed by atoms with Gasteiger partial charge in [0.15, 0.2) is 17.5 Å². The molecular formula is C18H22F3N3O4. The van der Waals surface area contributed by atoms with Gasteiger partial charge in [-0.3, -0.25) is 14.5 Å². The summed E-state index contributed by atoms with van der Waals surface area (Å²) in [5.41, 5.74) is -1.26. The summed E-state index contributed by atoms with van der Waals surface area (Å²) >= 11 is 0. The van der Waals surface area contributed by atoms with Crippen LogP contribution in [-0.2, 0) is 14.3 Å². The van der Waals surface area contributed by atoms with Gasteiger partial charge < -0.3 is 15.4 Å². The molecule has 2 N–H and O–H groups in total. The predicted molar refractivity (Wildman–Crippen MR) is 93.9 cm³/mol. The second-order valence-electron chi connectivity index (χ2n) is 7.32. The van der Waals surface area contributed by atoms with Gasteiger partial charge >= 0.3 is 6.09 Å². The molecule has 154 valence electrons. The summed E-state index contributed by atoms with van der Waals surface area (Å²) in [6.07, 6.45) is 0.382. The van der Waals surface area contributed by atoms with Crippen LogP contribution in [0.15, 0.2) is 12.1 Å². The third-order valence-electron chi connectivity index (χ3n) is 3.92. The van der Waals surface area contributed by atoms with Crippen LogP contribution in [0.3, 0.4) is 0 Å². The van der Waals surface area contributed by atoms with E-state index in [0.717, 1.165) is 6.07 Å². The summed E-state index contributed by atoms with van der Waals surface area (Å²) in [5.74, 6) is -6.02. The third kappa shape index (κ3) is 5.37. The molecule has 3 amide bonds. The molecule has 1 fully saturated rings. The van der Waals surface area contributed by atoms with E-state index in [2.05, 4.69) is 5.32 Å². The highest BCUT2D eigenvalue weighted by Crippen LogP contribution is 2.21. The highest BCUT2D eigenvalue weighted by molar-refractivity contribution is 5.96. The normalized spacial score (nSPS) is 16.6. The lowest BCUT2D eigenvalue weighted by Gasteiger charge is -2.28. The molecule has 1 aliphatic rings. The second kappa shape index (κ2) is 8.49. The van der Waals surface area contributed by atoms with Crippen LogP contribution >= 0.6 is 0 Å². The molecule has 0 aromatic heterocycles. The standard InChI is InChI=1S/C18H22F3N3O4/c1-18(2,3)28-17(27)24-8-4-5-12(24)16(26)22-9-13(25)23-11-7-6-10(19)14(20)15(11)21/h6-7,12H,4-5,8-9H2,1-3H3,(H,22,26)(H,23,25). The van der Waals surface area contributed by atoms with E-state index in [1.54, 1.807) is 20.8 Å². The third-order valence-corrected chi connectivity index (χ3v) is 3.92. The van der Waals surface area contributed by atoms with Crippen LogP contribution in [0.25, 0.3) is 0 Å². The van der Waals surface area contributed by atoms with E-state index in [9.17, 15) is 27.6 Å². The van der Waals surface area contributed by atoms with Gasteiger partial charge in [-0.25, -0.2) is 18.0 Å². The molecule has 1 aliphatic heterocycles. The van der Waals surface area contributed by atoms with E-state index in [0.29, 0.717) is 25.5 Å². The molecular weight excluding hydrogens is 379 g/mol. The molecule has 1 heterocycles. The van der Waals surface area contributed by atoms with Gasteiger partial charge in [-0.2, -0.15) is 0 Å². The first-order chi connectivity index (χ1) is 13.0. The summed E-state index contributed by atoms with van der Waals surface area (Å²) in [7, 11) is 0. The van der Waals surface area contributed by atoms with Crippen LogP contribution < -0.4 is 10.6 Å². The molecule has 7 nitrogen and oxygen atoms in total. The van der Waals surface area contributed by atoms with E-state index in [1.807, 2.05) is 5.32 Å². The molecule has 1 saturated heterocycles. The lowest BCUT2D eigenvalue weighted by Crippen LogP contribution is -2.48. The fourth-order valence-corrected chi connectivity index (χ4v) is 2.68. The number of nitrogens with zero attached hydrogens (tertiary/aromatic N) is 1. The maximum absolute atomic E-state index is 13.6. The van der Waals surface area contributed by atoms with Gasteiger partial charge in [0, 0.05) is 6.54 Å². The molecule has 0 aliphatic carbocycles. The largest absolute Gasteiger partial charge is 0.444 e. The van der Waals surface area contributed by atoms with Crippen molar-refractivity contribution in [1.82, 2.24) is 10.2 Å². The highest BCUT2D eigenvalue weighted by atomic mass is 19.2. The van der Waals surface area contributed by atoms with Crippen molar-refractivity contribution in [3.8, 4) is 0 Å². The van der Waals surface area contributed by atoms with Crippen LogP contribution in [0.1, 0.15) is 33.6 Å². The van der Waals surface area contributed by atoms with Crippen molar-refractivity contribution in [2.45, 2.75) is 45.3 Å². The zero-order valence-electron chi connectivity index (χ0n) is 15.8. The van der Waals surface area contributed by atoms with E-state index in [-0.39, 0.29) is 0 Å². The Balaban J connectivity index is 1.91. The van der Waals surface area contributed by atoms with Gasteiger partial charge in [0.2, 0.25) is 11.8 Å². The number of anilines is 1. The molecule has 0 radical (unpaired) electrons. The Bertz CT molecular complexity index is 780. The zero-order valence-corrected chi connectivity index (χ0v) is 15.8.